The monoisotopic (exact) mass is 412 g/mol. The molecule has 0 radical (unpaired) electrons. The second-order valence-corrected chi connectivity index (χ2v) is 5.30. The number of hydrogen-bond acceptors (Lipinski definition) is 6. The van der Waals surface area contributed by atoms with Gasteiger partial charge in [-0.25, -0.2) is 19.6 Å². The number of aromatic nitrogens is 4. The van der Waals surface area contributed by atoms with Crippen molar-refractivity contribution in [2.75, 3.05) is 14.2 Å². The molecule has 0 aliphatic heterocycles. The average molecular weight is 413 g/mol. The van der Waals surface area contributed by atoms with Gasteiger partial charge >= 0.3 is 11.9 Å². The molecule has 2 aromatic heterocycles. The number of nitrogens with zero attached hydrogens (tertiary/aromatic N) is 4. The van der Waals surface area contributed by atoms with E-state index in [0.29, 0.717) is 35.0 Å². The predicted octanol–water partition coefficient (Wildman–Crippen LogP) is 2.78. The highest BCUT2D eigenvalue weighted by atomic mass is 79.9. The number of hydrogen-bond donors (Lipinski definition) is 0. The first-order chi connectivity index (χ1) is 11.9. The second-order valence-electron chi connectivity index (χ2n) is 4.59. The molecule has 0 atom stereocenters. The highest BCUT2D eigenvalue weighted by Gasteiger charge is 2.14. The summed E-state index contributed by atoms with van der Waals surface area (Å²) in [4.78, 5) is 30.3. The largest absolute Gasteiger partial charge is 0.464 e. The van der Waals surface area contributed by atoms with Gasteiger partial charge in [-0.05, 0) is 35.9 Å². The summed E-state index contributed by atoms with van der Waals surface area (Å²) in [7, 11) is 2.70. The van der Waals surface area contributed by atoms with E-state index in [1.54, 1.807) is 15.2 Å². The van der Waals surface area contributed by atoms with Gasteiger partial charge in [-0.1, -0.05) is 6.58 Å². The number of carbonyl (C=O) groups is 2. The van der Waals surface area contributed by atoms with Crippen LogP contribution in [-0.4, -0.2) is 45.3 Å². The summed E-state index contributed by atoms with van der Waals surface area (Å²) in [6.45, 7) is 8.82. The Hall–Kier alpha value is -2.42. The highest BCUT2D eigenvalue weighted by molar-refractivity contribution is 9.10. The van der Waals surface area contributed by atoms with Gasteiger partial charge in [-0.15, -0.1) is 0 Å². The lowest BCUT2D eigenvalue weighted by Gasteiger charge is -2.04. The normalized spacial score (nSPS) is 9.80. The number of imidazole rings is 2. The minimum Gasteiger partial charge on any atom is -0.464 e. The van der Waals surface area contributed by atoms with E-state index in [2.05, 4.69) is 42.0 Å². The van der Waals surface area contributed by atoms with Crippen LogP contribution in [0.5, 0.6) is 0 Å². The number of methoxy groups -OCH3 is 2. The van der Waals surface area contributed by atoms with Crippen molar-refractivity contribution in [2.24, 2.45) is 0 Å². The van der Waals surface area contributed by atoms with E-state index in [4.69, 9.17) is 0 Å². The van der Waals surface area contributed by atoms with Crippen molar-refractivity contribution in [1.82, 2.24) is 19.1 Å². The third-order valence-electron chi connectivity index (χ3n) is 3.30. The van der Waals surface area contributed by atoms with Crippen LogP contribution in [0.1, 0.15) is 40.6 Å². The van der Waals surface area contributed by atoms with E-state index in [1.807, 2.05) is 13.8 Å². The molecule has 0 unspecified atom stereocenters. The molecule has 2 heterocycles. The number of ether oxygens (including phenoxy) is 2. The molecule has 0 spiro atoms. The van der Waals surface area contributed by atoms with Crippen LogP contribution in [0.25, 0.3) is 6.08 Å². The summed E-state index contributed by atoms with van der Waals surface area (Å²) in [5.41, 5.74) is 0.923. The van der Waals surface area contributed by atoms with Crippen molar-refractivity contribution in [1.29, 1.82) is 0 Å². The van der Waals surface area contributed by atoms with Crippen LogP contribution < -0.4 is 0 Å². The van der Waals surface area contributed by atoms with E-state index in [-0.39, 0.29) is 11.9 Å². The van der Waals surface area contributed by atoms with Crippen molar-refractivity contribution in [3.63, 3.8) is 0 Å². The zero-order valence-electron chi connectivity index (χ0n) is 14.7. The summed E-state index contributed by atoms with van der Waals surface area (Å²) in [6, 6.07) is 0. The fourth-order valence-electron chi connectivity index (χ4n) is 2.07. The maximum absolute atomic E-state index is 11.2. The Morgan fingerprint density at radius 2 is 1.56 bits per heavy atom. The van der Waals surface area contributed by atoms with Crippen molar-refractivity contribution >= 4 is 33.9 Å². The van der Waals surface area contributed by atoms with Crippen molar-refractivity contribution in [3.8, 4) is 0 Å². The average Bonchev–Trinajstić information content (AvgIpc) is 3.23. The Morgan fingerprint density at radius 3 is 2.00 bits per heavy atom. The third-order valence-corrected chi connectivity index (χ3v) is 3.93. The quantitative estimate of drug-likeness (QED) is 0.701. The van der Waals surface area contributed by atoms with E-state index in [9.17, 15) is 9.59 Å². The van der Waals surface area contributed by atoms with Gasteiger partial charge in [0.1, 0.15) is 17.2 Å². The van der Waals surface area contributed by atoms with E-state index < -0.39 is 0 Å². The first-order valence-electron chi connectivity index (χ1n) is 7.50. The zero-order valence-corrected chi connectivity index (χ0v) is 16.2. The van der Waals surface area contributed by atoms with Crippen molar-refractivity contribution in [3.05, 3.63) is 40.9 Å². The fourth-order valence-corrected chi connectivity index (χ4v) is 2.62. The Balaban J connectivity index is 0.000000251. The summed E-state index contributed by atoms with van der Waals surface area (Å²) in [6.07, 6.45) is 4.59. The summed E-state index contributed by atoms with van der Waals surface area (Å²) in [5, 5.41) is 0. The van der Waals surface area contributed by atoms with Crippen LogP contribution in [0.2, 0.25) is 0 Å². The van der Waals surface area contributed by atoms with Crippen LogP contribution in [-0.2, 0) is 22.6 Å². The third kappa shape index (κ3) is 4.79. The van der Waals surface area contributed by atoms with Crippen molar-refractivity contribution in [2.45, 2.75) is 26.9 Å². The van der Waals surface area contributed by atoms with E-state index >= 15 is 0 Å². The summed E-state index contributed by atoms with van der Waals surface area (Å²) in [5.74, 6) is -0.0552. The van der Waals surface area contributed by atoms with E-state index in [1.165, 1.54) is 26.6 Å². The molecule has 0 fully saturated rings. The van der Waals surface area contributed by atoms with Gasteiger partial charge in [0.05, 0.1) is 26.6 Å². The molecule has 25 heavy (non-hydrogen) atoms. The van der Waals surface area contributed by atoms with Crippen LogP contribution in [0.4, 0.5) is 0 Å². The molecule has 2 aromatic rings. The molecule has 0 aliphatic carbocycles. The molecule has 0 saturated carbocycles. The molecule has 2 rings (SSSR count). The van der Waals surface area contributed by atoms with Crippen LogP contribution in [0.3, 0.4) is 0 Å². The van der Waals surface area contributed by atoms with Gasteiger partial charge in [0, 0.05) is 13.1 Å². The van der Waals surface area contributed by atoms with Gasteiger partial charge in [0.15, 0.2) is 4.73 Å². The fraction of sp³-hybridized carbons (Fsp3) is 0.375. The van der Waals surface area contributed by atoms with Crippen LogP contribution in [0, 0.1) is 0 Å². The van der Waals surface area contributed by atoms with Crippen LogP contribution in [0.15, 0.2) is 23.7 Å². The first-order valence-corrected chi connectivity index (χ1v) is 8.29. The minimum atomic E-state index is -0.373. The molecule has 8 nitrogen and oxygen atoms in total. The Kier molecular flexibility index (Phi) is 8.06. The summed E-state index contributed by atoms with van der Waals surface area (Å²) < 4.78 is 13.3. The second kappa shape index (κ2) is 9.77. The number of carbonyl (C=O) groups excluding carboxylic acids is 2. The van der Waals surface area contributed by atoms with Gasteiger partial charge < -0.3 is 18.6 Å². The molecule has 0 N–H and O–H groups in total. The van der Waals surface area contributed by atoms with Gasteiger partial charge in [0.25, 0.3) is 0 Å². The topological polar surface area (TPSA) is 88.2 Å². The van der Waals surface area contributed by atoms with Gasteiger partial charge in [-0.2, -0.15) is 0 Å². The first kappa shape index (κ1) is 20.6. The zero-order chi connectivity index (χ0) is 19.0. The lowest BCUT2D eigenvalue weighted by molar-refractivity contribution is 0.0579. The maximum atomic E-state index is 11.2. The Morgan fingerprint density at radius 1 is 1.08 bits per heavy atom. The number of esters is 2. The molecule has 136 valence electrons. The molecule has 0 aliphatic rings. The molecule has 9 heteroatoms. The van der Waals surface area contributed by atoms with Crippen LogP contribution >= 0.6 is 15.9 Å². The summed E-state index contributed by atoms with van der Waals surface area (Å²) >= 11 is 3.22. The minimum absolute atomic E-state index is 0.366. The lowest BCUT2D eigenvalue weighted by Crippen LogP contribution is -2.10. The standard InChI is InChI=1S/C9H12N2O2.C7H9BrN2O2/c1-4-8-10-6-7(9(12)13-3)11(8)5-2;1-3-10-5(6(11)12-2)4-9-7(10)8/h4,6H,1,5H2,2-3H3;4H,3H2,1-2H3. The Labute approximate surface area is 154 Å². The highest BCUT2D eigenvalue weighted by Crippen LogP contribution is 2.12. The molecule has 0 aromatic carbocycles. The lowest BCUT2D eigenvalue weighted by atomic mass is 10.4. The van der Waals surface area contributed by atoms with E-state index in [0.717, 1.165) is 0 Å². The number of rotatable bonds is 5. The molecule has 0 saturated heterocycles. The maximum Gasteiger partial charge on any atom is 0.356 e. The molecule has 0 bridgehead atoms. The van der Waals surface area contributed by atoms with Crippen molar-refractivity contribution < 1.29 is 19.1 Å². The van der Waals surface area contributed by atoms with Gasteiger partial charge in [-0.3, -0.25) is 0 Å². The molecule has 0 amide bonds. The smallest absolute Gasteiger partial charge is 0.356 e. The molecular formula is C16H21BrN4O4. The predicted molar refractivity (Wildman–Crippen MR) is 96.3 cm³/mol. The SMILES string of the molecule is C=Cc1ncc(C(=O)OC)n1CC.CCn1c(C(=O)OC)cnc1Br. The molecular weight excluding hydrogens is 392 g/mol. The Bertz CT molecular complexity index is 751. The van der Waals surface area contributed by atoms with Gasteiger partial charge in [0.2, 0.25) is 0 Å². The number of halogens is 1.